The van der Waals surface area contributed by atoms with Gasteiger partial charge in [-0.3, -0.25) is 9.59 Å². The molecule has 0 aromatic heterocycles. The fraction of sp³-hybridized carbons (Fsp3) is 0.200. The SMILES string of the molecule is CCc1cccc(C)c1NC(=O)COC(=O)[C@@H](Sc1ccccc1)c1ccccc1. The molecule has 0 aliphatic carbocycles. The molecule has 3 aromatic rings. The van der Waals surface area contributed by atoms with Gasteiger partial charge in [-0.1, -0.05) is 73.7 Å². The lowest BCUT2D eigenvalue weighted by Crippen LogP contribution is -2.24. The minimum absolute atomic E-state index is 0.324. The third-order valence-corrected chi connectivity index (χ3v) is 5.91. The van der Waals surface area contributed by atoms with Crippen LogP contribution in [0.15, 0.2) is 83.8 Å². The second-order valence-corrected chi connectivity index (χ2v) is 8.02. The van der Waals surface area contributed by atoms with E-state index >= 15 is 0 Å². The zero-order valence-corrected chi connectivity index (χ0v) is 17.9. The summed E-state index contributed by atoms with van der Waals surface area (Å²) >= 11 is 1.41. The van der Waals surface area contributed by atoms with Gasteiger partial charge in [-0.2, -0.15) is 0 Å². The predicted molar refractivity (Wildman–Crippen MR) is 122 cm³/mol. The van der Waals surface area contributed by atoms with Gasteiger partial charge in [0.2, 0.25) is 0 Å². The highest BCUT2D eigenvalue weighted by Gasteiger charge is 2.24. The highest BCUT2D eigenvalue weighted by molar-refractivity contribution is 8.00. The molecule has 0 saturated heterocycles. The predicted octanol–water partition coefficient (Wildman–Crippen LogP) is 5.57. The summed E-state index contributed by atoms with van der Waals surface area (Å²) in [5, 5.41) is 2.34. The molecule has 0 fully saturated rings. The van der Waals surface area contributed by atoms with Crippen molar-refractivity contribution in [2.45, 2.75) is 30.4 Å². The van der Waals surface area contributed by atoms with Crippen molar-refractivity contribution in [2.24, 2.45) is 0 Å². The first-order valence-electron chi connectivity index (χ1n) is 9.90. The first-order chi connectivity index (χ1) is 14.6. The summed E-state index contributed by atoms with van der Waals surface area (Å²) in [6, 6.07) is 25.0. The highest BCUT2D eigenvalue weighted by Crippen LogP contribution is 2.36. The van der Waals surface area contributed by atoms with Crippen molar-refractivity contribution in [3.63, 3.8) is 0 Å². The quantitative estimate of drug-likeness (QED) is 0.383. The van der Waals surface area contributed by atoms with Gasteiger partial charge in [0.05, 0.1) is 0 Å². The van der Waals surface area contributed by atoms with E-state index in [1.54, 1.807) is 0 Å². The molecule has 0 radical (unpaired) electrons. The van der Waals surface area contributed by atoms with Crippen LogP contribution >= 0.6 is 11.8 Å². The van der Waals surface area contributed by atoms with Gasteiger partial charge in [0.1, 0.15) is 5.25 Å². The molecule has 4 nitrogen and oxygen atoms in total. The number of ether oxygens (including phenoxy) is 1. The summed E-state index contributed by atoms with van der Waals surface area (Å²) in [4.78, 5) is 26.3. The van der Waals surface area contributed by atoms with Crippen molar-refractivity contribution >= 4 is 29.3 Å². The Bertz CT molecular complexity index is 990. The third-order valence-electron chi connectivity index (χ3n) is 4.66. The molecule has 3 aromatic carbocycles. The summed E-state index contributed by atoms with van der Waals surface area (Å²) in [6.07, 6.45) is 0.806. The van der Waals surface area contributed by atoms with Gasteiger partial charge in [0, 0.05) is 10.6 Å². The van der Waals surface area contributed by atoms with Crippen molar-refractivity contribution in [1.82, 2.24) is 0 Å². The Labute approximate surface area is 181 Å². The topological polar surface area (TPSA) is 55.4 Å². The van der Waals surface area contributed by atoms with Gasteiger partial charge >= 0.3 is 5.97 Å². The maximum Gasteiger partial charge on any atom is 0.324 e. The molecule has 0 aliphatic rings. The van der Waals surface area contributed by atoms with E-state index in [0.717, 1.165) is 33.7 Å². The third kappa shape index (κ3) is 5.74. The highest BCUT2D eigenvalue weighted by atomic mass is 32.2. The van der Waals surface area contributed by atoms with Crippen LogP contribution in [0.1, 0.15) is 28.9 Å². The summed E-state index contributed by atoms with van der Waals surface area (Å²) in [6.45, 7) is 3.66. The maximum absolute atomic E-state index is 12.9. The molecule has 0 aliphatic heterocycles. The van der Waals surface area contributed by atoms with Crippen molar-refractivity contribution in [3.8, 4) is 0 Å². The summed E-state index contributed by atoms with van der Waals surface area (Å²) in [5.74, 6) is -0.783. The van der Waals surface area contributed by atoms with Crippen LogP contribution in [0, 0.1) is 6.92 Å². The Morgan fingerprint density at radius 2 is 1.60 bits per heavy atom. The lowest BCUT2D eigenvalue weighted by Gasteiger charge is -2.17. The van der Waals surface area contributed by atoms with Crippen LogP contribution in [0.2, 0.25) is 0 Å². The lowest BCUT2D eigenvalue weighted by molar-refractivity contribution is -0.146. The standard InChI is InChI=1S/C25H25NO3S/c1-3-19-14-10-11-18(2)23(19)26-22(27)17-29-25(28)24(20-12-6-4-7-13-20)30-21-15-8-5-9-16-21/h4-16,24H,3,17H2,1-2H3,(H,26,27)/t24-/m0/s1. The maximum atomic E-state index is 12.9. The molecule has 5 heteroatoms. The fourth-order valence-corrected chi connectivity index (χ4v) is 4.15. The Kier molecular flexibility index (Phi) is 7.69. The zero-order chi connectivity index (χ0) is 21.3. The summed E-state index contributed by atoms with van der Waals surface area (Å²) in [7, 11) is 0. The Morgan fingerprint density at radius 3 is 2.27 bits per heavy atom. The molecule has 1 atom stereocenters. The molecule has 0 heterocycles. The number of thioether (sulfide) groups is 1. The molecule has 0 unspecified atom stereocenters. The largest absolute Gasteiger partial charge is 0.454 e. The summed E-state index contributed by atoms with van der Waals surface area (Å²) < 4.78 is 5.41. The van der Waals surface area contributed by atoms with E-state index < -0.39 is 11.2 Å². The van der Waals surface area contributed by atoms with Crippen LogP contribution in [-0.2, 0) is 20.7 Å². The monoisotopic (exact) mass is 419 g/mol. The average molecular weight is 420 g/mol. The molecule has 0 bridgehead atoms. The van der Waals surface area contributed by atoms with Gasteiger partial charge in [-0.25, -0.2) is 0 Å². The smallest absolute Gasteiger partial charge is 0.324 e. The second-order valence-electron chi connectivity index (χ2n) is 6.84. The van der Waals surface area contributed by atoms with Gasteiger partial charge in [-0.15, -0.1) is 11.8 Å². The molecule has 1 amide bonds. The number of hydrogen-bond acceptors (Lipinski definition) is 4. The number of benzene rings is 3. The van der Waals surface area contributed by atoms with Gasteiger partial charge in [0.15, 0.2) is 6.61 Å². The van der Waals surface area contributed by atoms with Gasteiger partial charge in [-0.05, 0) is 42.2 Å². The average Bonchev–Trinajstić information content (AvgIpc) is 2.78. The molecule has 154 valence electrons. The molecule has 30 heavy (non-hydrogen) atoms. The zero-order valence-electron chi connectivity index (χ0n) is 17.1. The molecular weight excluding hydrogens is 394 g/mol. The number of carbonyl (C=O) groups is 2. The number of carbonyl (C=O) groups excluding carboxylic acids is 2. The van der Waals surface area contributed by atoms with Crippen molar-refractivity contribution in [3.05, 3.63) is 95.6 Å². The van der Waals surface area contributed by atoms with Crippen molar-refractivity contribution in [2.75, 3.05) is 11.9 Å². The first kappa shape index (κ1) is 21.7. The van der Waals surface area contributed by atoms with Crippen LogP contribution in [-0.4, -0.2) is 18.5 Å². The van der Waals surface area contributed by atoms with Crippen LogP contribution in [0.5, 0.6) is 0 Å². The molecule has 0 spiro atoms. The van der Waals surface area contributed by atoms with Gasteiger partial charge in [0.25, 0.3) is 5.91 Å². The van der Waals surface area contributed by atoms with E-state index in [4.69, 9.17) is 4.74 Å². The number of para-hydroxylation sites is 1. The van der Waals surface area contributed by atoms with E-state index in [-0.39, 0.29) is 12.5 Å². The molecule has 3 rings (SSSR count). The summed E-state index contributed by atoms with van der Waals surface area (Å²) in [5.41, 5.74) is 3.66. The fourth-order valence-electron chi connectivity index (χ4n) is 3.11. The van der Waals surface area contributed by atoms with Crippen LogP contribution < -0.4 is 5.32 Å². The number of hydrogen-bond donors (Lipinski definition) is 1. The van der Waals surface area contributed by atoms with E-state index in [9.17, 15) is 9.59 Å². The molecule has 1 N–H and O–H groups in total. The number of amides is 1. The van der Waals surface area contributed by atoms with E-state index in [2.05, 4.69) is 5.32 Å². The second kappa shape index (κ2) is 10.6. The first-order valence-corrected chi connectivity index (χ1v) is 10.8. The van der Waals surface area contributed by atoms with Crippen LogP contribution in [0.3, 0.4) is 0 Å². The number of esters is 1. The number of aryl methyl sites for hydroxylation is 2. The van der Waals surface area contributed by atoms with Crippen LogP contribution in [0.4, 0.5) is 5.69 Å². The number of rotatable bonds is 8. The van der Waals surface area contributed by atoms with E-state index in [0.29, 0.717) is 0 Å². The molecule has 0 saturated carbocycles. The van der Waals surface area contributed by atoms with Crippen molar-refractivity contribution < 1.29 is 14.3 Å². The van der Waals surface area contributed by atoms with Crippen LogP contribution in [0.25, 0.3) is 0 Å². The Morgan fingerprint density at radius 1 is 0.933 bits per heavy atom. The van der Waals surface area contributed by atoms with Gasteiger partial charge < -0.3 is 10.1 Å². The van der Waals surface area contributed by atoms with E-state index in [1.165, 1.54) is 11.8 Å². The number of anilines is 1. The Balaban J connectivity index is 1.68. The van der Waals surface area contributed by atoms with Crippen molar-refractivity contribution in [1.29, 1.82) is 0 Å². The van der Waals surface area contributed by atoms with E-state index in [1.807, 2.05) is 92.7 Å². The lowest BCUT2D eigenvalue weighted by atomic mass is 10.1. The normalized spacial score (nSPS) is 11.5. The molecular formula is C25H25NO3S. The minimum atomic E-state index is -0.550. The Hall–Kier alpha value is -3.05. The minimum Gasteiger partial charge on any atom is -0.454 e. The number of nitrogens with one attached hydrogen (secondary N) is 1.